The summed E-state index contributed by atoms with van der Waals surface area (Å²) in [6.07, 6.45) is 5.88. The van der Waals surface area contributed by atoms with Crippen LogP contribution in [0.2, 0.25) is 0 Å². The number of hydrogen-bond donors (Lipinski definition) is 1. The van der Waals surface area contributed by atoms with Crippen LogP contribution in [0.1, 0.15) is 73.1 Å². The lowest BCUT2D eigenvalue weighted by Crippen LogP contribution is -2.60. The Morgan fingerprint density at radius 2 is 1.79 bits per heavy atom. The Kier molecular flexibility index (Phi) is 8.04. The number of carboxylic acids is 1. The van der Waals surface area contributed by atoms with Crippen molar-refractivity contribution in [3.8, 4) is 0 Å². The molecule has 1 N–H and O–H groups in total. The lowest BCUT2D eigenvalue weighted by Gasteiger charge is -2.43. The molecule has 2 atom stereocenters. The van der Waals surface area contributed by atoms with Gasteiger partial charge in [0, 0.05) is 6.54 Å². The Bertz CT molecular complexity index is 418. The van der Waals surface area contributed by atoms with Crippen LogP contribution < -0.4 is 0 Å². The summed E-state index contributed by atoms with van der Waals surface area (Å²) in [4.78, 5) is 26.3. The standard InChI is InChI=1S/C19H35NO4/c1-6-15(4)19(5,17(21)22)20(18(23)24-13-14(2)3)12-16-10-8-7-9-11-16/h14-16H,6-13H2,1-5H3,(H,21,22). The number of ether oxygens (including phenoxy) is 1. The van der Waals surface area contributed by atoms with Gasteiger partial charge < -0.3 is 9.84 Å². The minimum atomic E-state index is -1.24. The molecule has 1 rings (SSSR count). The fourth-order valence-corrected chi connectivity index (χ4v) is 3.39. The highest BCUT2D eigenvalue weighted by atomic mass is 16.6. The van der Waals surface area contributed by atoms with Crippen LogP contribution in [-0.2, 0) is 9.53 Å². The quantitative estimate of drug-likeness (QED) is 0.703. The minimum Gasteiger partial charge on any atom is -0.479 e. The molecule has 24 heavy (non-hydrogen) atoms. The van der Waals surface area contributed by atoms with Crippen LogP contribution in [-0.4, -0.2) is 40.8 Å². The average Bonchev–Trinajstić information content (AvgIpc) is 2.56. The van der Waals surface area contributed by atoms with Crippen LogP contribution in [0.3, 0.4) is 0 Å². The van der Waals surface area contributed by atoms with Crippen LogP contribution in [0.15, 0.2) is 0 Å². The highest BCUT2D eigenvalue weighted by molar-refractivity contribution is 5.84. The fraction of sp³-hybridized carbons (Fsp3) is 0.895. The predicted molar refractivity (Wildman–Crippen MR) is 95.0 cm³/mol. The Labute approximate surface area is 146 Å². The third-order valence-electron chi connectivity index (χ3n) is 5.49. The third-order valence-corrected chi connectivity index (χ3v) is 5.49. The average molecular weight is 341 g/mol. The van der Waals surface area contributed by atoms with E-state index in [2.05, 4.69) is 0 Å². The topological polar surface area (TPSA) is 66.8 Å². The molecular weight excluding hydrogens is 306 g/mol. The van der Waals surface area contributed by atoms with Crippen molar-refractivity contribution in [2.45, 2.75) is 78.7 Å². The molecule has 0 heterocycles. The monoisotopic (exact) mass is 341 g/mol. The molecule has 0 bridgehead atoms. The van der Waals surface area contributed by atoms with Gasteiger partial charge in [-0.3, -0.25) is 4.90 Å². The summed E-state index contributed by atoms with van der Waals surface area (Å²) in [5.41, 5.74) is -1.24. The molecule has 1 saturated carbocycles. The molecule has 1 fully saturated rings. The van der Waals surface area contributed by atoms with Crippen molar-refractivity contribution >= 4 is 12.1 Å². The summed E-state index contributed by atoms with van der Waals surface area (Å²) in [7, 11) is 0. The molecule has 140 valence electrons. The van der Waals surface area contributed by atoms with Crippen LogP contribution in [0.5, 0.6) is 0 Å². The highest BCUT2D eigenvalue weighted by Gasteiger charge is 2.47. The van der Waals surface area contributed by atoms with Crippen LogP contribution in [0, 0.1) is 17.8 Å². The summed E-state index contributed by atoms with van der Waals surface area (Å²) in [5.74, 6) is -0.502. The zero-order valence-electron chi connectivity index (χ0n) is 16.0. The maximum Gasteiger partial charge on any atom is 0.410 e. The lowest BCUT2D eigenvalue weighted by atomic mass is 9.81. The number of carbonyl (C=O) groups is 2. The van der Waals surface area contributed by atoms with E-state index in [1.807, 2.05) is 27.7 Å². The normalized spacial score (nSPS) is 19.6. The van der Waals surface area contributed by atoms with E-state index in [1.165, 1.54) is 11.3 Å². The van der Waals surface area contributed by atoms with E-state index in [-0.39, 0.29) is 11.8 Å². The summed E-state index contributed by atoms with van der Waals surface area (Å²) in [6, 6.07) is 0. The zero-order chi connectivity index (χ0) is 18.3. The number of nitrogens with zero attached hydrogens (tertiary/aromatic N) is 1. The van der Waals surface area contributed by atoms with E-state index < -0.39 is 17.6 Å². The van der Waals surface area contributed by atoms with Gasteiger partial charge in [-0.15, -0.1) is 0 Å². The largest absolute Gasteiger partial charge is 0.479 e. The van der Waals surface area contributed by atoms with Gasteiger partial charge in [-0.1, -0.05) is 53.4 Å². The van der Waals surface area contributed by atoms with Gasteiger partial charge in [0.2, 0.25) is 0 Å². The van der Waals surface area contributed by atoms with Crippen molar-refractivity contribution in [3.05, 3.63) is 0 Å². The van der Waals surface area contributed by atoms with Crippen molar-refractivity contribution in [1.29, 1.82) is 0 Å². The summed E-state index contributed by atoms with van der Waals surface area (Å²) >= 11 is 0. The Morgan fingerprint density at radius 3 is 2.25 bits per heavy atom. The summed E-state index contributed by atoms with van der Waals surface area (Å²) in [6.45, 7) is 10.3. The van der Waals surface area contributed by atoms with E-state index in [0.29, 0.717) is 25.5 Å². The second kappa shape index (κ2) is 9.28. The molecule has 0 aromatic carbocycles. The molecule has 0 aliphatic heterocycles. The van der Waals surface area contributed by atoms with E-state index in [4.69, 9.17) is 4.74 Å². The first kappa shape index (κ1) is 20.8. The van der Waals surface area contributed by atoms with Crippen molar-refractivity contribution in [1.82, 2.24) is 4.90 Å². The first-order valence-electron chi connectivity index (χ1n) is 9.41. The van der Waals surface area contributed by atoms with Crippen molar-refractivity contribution in [2.24, 2.45) is 17.8 Å². The molecule has 0 radical (unpaired) electrons. The first-order valence-corrected chi connectivity index (χ1v) is 9.41. The molecule has 1 amide bonds. The maximum absolute atomic E-state index is 12.7. The van der Waals surface area contributed by atoms with Crippen molar-refractivity contribution < 1.29 is 19.4 Å². The van der Waals surface area contributed by atoms with Gasteiger partial charge in [0.25, 0.3) is 0 Å². The molecule has 2 unspecified atom stereocenters. The van der Waals surface area contributed by atoms with Gasteiger partial charge >= 0.3 is 12.1 Å². The number of hydrogen-bond acceptors (Lipinski definition) is 3. The van der Waals surface area contributed by atoms with E-state index in [0.717, 1.165) is 25.7 Å². The molecule has 0 saturated heterocycles. The summed E-state index contributed by atoms with van der Waals surface area (Å²) < 4.78 is 5.42. The Balaban J connectivity index is 3.03. The Hall–Kier alpha value is -1.26. The highest BCUT2D eigenvalue weighted by Crippen LogP contribution is 2.32. The number of carbonyl (C=O) groups excluding carboxylic acids is 1. The zero-order valence-corrected chi connectivity index (χ0v) is 16.0. The maximum atomic E-state index is 12.7. The van der Waals surface area contributed by atoms with Crippen LogP contribution in [0.4, 0.5) is 4.79 Å². The minimum absolute atomic E-state index is 0.148. The van der Waals surface area contributed by atoms with Gasteiger partial charge in [-0.25, -0.2) is 9.59 Å². The smallest absolute Gasteiger partial charge is 0.410 e. The fourth-order valence-electron chi connectivity index (χ4n) is 3.39. The molecule has 1 aliphatic rings. The third kappa shape index (κ3) is 5.12. The van der Waals surface area contributed by atoms with Gasteiger partial charge in [0.05, 0.1) is 6.61 Å². The Morgan fingerprint density at radius 1 is 1.21 bits per heavy atom. The number of amides is 1. The molecule has 0 aromatic rings. The molecule has 5 nitrogen and oxygen atoms in total. The second-order valence-corrected chi connectivity index (χ2v) is 7.85. The molecule has 1 aliphatic carbocycles. The number of aliphatic carboxylic acids is 1. The van der Waals surface area contributed by atoms with Gasteiger partial charge in [0.15, 0.2) is 0 Å². The first-order chi connectivity index (χ1) is 11.2. The SMILES string of the molecule is CCC(C)C(C)(C(=O)O)N(CC1CCCCC1)C(=O)OCC(C)C. The summed E-state index contributed by atoms with van der Waals surface area (Å²) in [5, 5.41) is 9.91. The molecule has 0 aromatic heterocycles. The van der Waals surface area contributed by atoms with E-state index in [1.54, 1.807) is 6.92 Å². The number of carboxylic acid groups (broad SMARTS) is 1. The number of rotatable bonds is 8. The lowest BCUT2D eigenvalue weighted by molar-refractivity contribution is -0.153. The molecule has 5 heteroatoms. The van der Waals surface area contributed by atoms with Crippen molar-refractivity contribution in [2.75, 3.05) is 13.2 Å². The predicted octanol–water partition coefficient (Wildman–Crippen LogP) is 4.55. The van der Waals surface area contributed by atoms with Crippen LogP contribution in [0.25, 0.3) is 0 Å². The van der Waals surface area contributed by atoms with Crippen LogP contribution >= 0.6 is 0 Å². The molecule has 0 spiro atoms. The van der Waals surface area contributed by atoms with E-state index in [9.17, 15) is 14.7 Å². The molecular formula is C19H35NO4. The second-order valence-electron chi connectivity index (χ2n) is 7.85. The van der Waals surface area contributed by atoms with Gasteiger partial charge in [0.1, 0.15) is 5.54 Å². The van der Waals surface area contributed by atoms with Gasteiger partial charge in [-0.2, -0.15) is 0 Å². The van der Waals surface area contributed by atoms with E-state index >= 15 is 0 Å². The van der Waals surface area contributed by atoms with Crippen molar-refractivity contribution in [3.63, 3.8) is 0 Å². The van der Waals surface area contributed by atoms with Gasteiger partial charge in [-0.05, 0) is 37.5 Å².